The summed E-state index contributed by atoms with van der Waals surface area (Å²) < 4.78 is 5.70. The second-order valence-corrected chi connectivity index (χ2v) is 6.28. The predicted octanol–water partition coefficient (Wildman–Crippen LogP) is 3.07. The van der Waals surface area contributed by atoms with Gasteiger partial charge in [0.2, 0.25) is 0 Å². The van der Waals surface area contributed by atoms with Gasteiger partial charge in [-0.15, -0.1) is 0 Å². The maximum Gasteiger partial charge on any atom is 0.0888 e. The molecular weight excluding hydrogens is 250 g/mol. The smallest absolute Gasteiger partial charge is 0.0888 e. The van der Waals surface area contributed by atoms with Crippen molar-refractivity contribution >= 4 is 0 Å². The standard InChI is InChI=1S/C17H25NO2/c1-20-17(13-6-3-2-4-7-13)16(19)14-10-9-12-8-5-11-18-15(12)14/h5,8,11,13-14,16-17,19H,2-4,6-7,9-10H2,1H3. The quantitative estimate of drug-likeness (QED) is 0.918. The molecule has 0 aliphatic heterocycles. The Morgan fingerprint density at radius 3 is 2.80 bits per heavy atom. The van der Waals surface area contributed by atoms with Crippen molar-refractivity contribution in [2.45, 2.75) is 63.1 Å². The molecule has 0 aromatic carbocycles. The fraction of sp³-hybridized carbons (Fsp3) is 0.706. The molecule has 0 spiro atoms. The Morgan fingerprint density at radius 2 is 2.05 bits per heavy atom. The molecule has 3 unspecified atom stereocenters. The summed E-state index contributed by atoms with van der Waals surface area (Å²) >= 11 is 0. The third-order valence-corrected chi connectivity index (χ3v) is 5.14. The molecule has 2 aliphatic rings. The van der Waals surface area contributed by atoms with Crippen molar-refractivity contribution in [2.24, 2.45) is 5.92 Å². The molecule has 0 saturated heterocycles. The topological polar surface area (TPSA) is 42.4 Å². The maximum absolute atomic E-state index is 10.8. The van der Waals surface area contributed by atoms with Gasteiger partial charge in [0.25, 0.3) is 0 Å². The summed E-state index contributed by atoms with van der Waals surface area (Å²) in [4.78, 5) is 4.51. The van der Waals surface area contributed by atoms with E-state index in [1.807, 2.05) is 12.3 Å². The second-order valence-electron chi connectivity index (χ2n) is 6.28. The van der Waals surface area contributed by atoms with Crippen LogP contribution in [0.25, 0.3) is 0 Å². The van der Waals surface area contributed by atoms with E-state index in [1.54, 1.807) is 7.11 Å². The molecule has 1 saturated carbocycles. The molecule has 3 rings (SSSR count). The molecule has 3 heteroatoms. The SMILES string of the molecule is COC(C1CCCCC1)C(O)C1CCc2cccnc21. The van der Waals surface area contributed by atoms with Crippen LogP contribution in [0.2, 0.25) is 0 Å². The average molecular weight is 275 g/mol. The molecule has 1 aromatic rings. The summed E-state index contributed by atoms with van der Waals surface area (Å²) in [6.45, 7) is 0. The maximum atomic E-state index is 10.8. The van der Waals surface area contributed by atoms with Crippen LogP contribution in [0.15, 0.2) is 18.3 Å². The molecule has 0 bridgehead atoms. The molecule has 1 fully saturated rings. The van der Waals surface area contributed by atoms with Gasteiger partial charge in [0, 0.05) is 24.9 Å². The minimum Gasteiger partial charge on any atom is -0.390 e. The summed E-state index contributed by atoms with van der Waals surface area (Å²) in [7, 11) is 1.75. The molecule has 0 radical (unpaired) electrons. The highest BCUT2D eigenvalue weighted by molar-refractivity contribution is 5.29. The third kappa shape index (κ3) is 2.61. The molecule has 0 amide bonds. The Bertz CT molecular complexity index is 442. The number of hydrogen-bond acceptors (Lipinski definition) is 3. The average Bonchev–Trinajstić information content (AvgIpc) is 2.93. The lowest BCUT2D eigenvalue weighted by molar-refractivity contribution is -0.0650. The van der Waals surface area contributed by atoms with Gasteiger partial charge in [-0.3, -0.25) is 4.98 Å². The van der Waals surface area contributed by atoms with Crippen molar-refractivity contribution in [1.82, 2.24) is 4.98 Å². The number of aliphatic hydroxyl groups excluding tert-OH is 1. The van der Waals surface area contributed by atoms with Gasteiger partial charge >= 0.3 is 0 Å². The molecule has 20 heavy (non-hydrogen) atoms. The number of methoxy groups -OCH3 is 1. The van der Waals surface area contributed by atoms with Gasteiger partial charge in [-0.05, 0) is 43.2 Å². The third-order valence-electron chi connectivity index (χ3n) is 5.14. The molecule has 2 aliphatic carbocycles. The van der Waals surface area contributed by atoms with E-state index >= 15 is 0 Å². The minimum absolute atomic E-state index is 0.0340. The van der Waals surface area contributed by atoms with Crippen molar-refractivity contribution in [3.8, 4) is 0 Å². The lowest BCUT2D eigenvalue weighted by Crippen LogP contribution is -2.39. The number of aromatic nitrogens is 1. The van der Waals surface area contributed by atoms with Crippen LogP contribution in [-0.4, -0.2) is 29.4 Å². The fourth-order valence-electron chi connectivity index (χ4n) is 4.08. The van der Waals surface area contributed by atoms with Crippen molar-refractivity contribution in [3.05, 3.63) is 29.6 Å². The van der Waals surface area contributed by atoms with Crippen molar-refractivity contribution in [1.29, 1.82) is 0 Å². The van der Waals surface area contributed by atoms with Gasteiger partial charge in [-0.1, -0.05) is 25.3 Å². The van der Waals surface area contributed by atoms with Crippen LogP contribution in [0.1, 0.15) is 55.7 Å². The van der Waals surface area contributed by atoms with Crippen LogP contribution in [0.4, 0.5) is 0 Å². The van der Waals surface area contributed by atoms with Gasteiger partial charge < -0.3 is 9.84 Å². The number of fused-ring (bicyclic) bond motifs is 1. The first-order valence-corrected chi connectivity index (χ1v) is 7.96. The molecule has 1 N–H and O–H groups in total. The number of aliphatic hydroxyl groups is 1. The van der Waals surface area contributed by atoms with E-state index in [9.17, 15) is 5.11 Å². The zero-order chi connectivity index (χ0) is 13.9. The lowest BCUT2D eigenvalue weighted by Gasteiger charge is -2.34. The largest absolute Gasteiger partial charge is 0.390 e. The molecule has 110 valence electrons. The van der Waals surface area contributed by atoms with Crippen LogP contribution in [0.3, 0.4) is 0 Å². The van der Waals surface area contributed by atoms with Gasteiger partial charge in [0.05, 0.1) is 12.2 Å². The number of pyridine rings is 1. The predicted molar refractivity (Wildman–Crippen MR) is 78.7 cm³/mol. The van der Waals surface area contributed by atoms with E-state index < -0.39 is 6.10 Å². The summed E-state index contributed by atoms with van der Waals surface area (Å²) in [5, 5.41) is 10.8. The van der Waals surface area contributed by atoms with E-state index in [-0.39, 0.29) is 12.0 Å². The number of rotatable bonds is 4. The van der Waals surface area contributed by atoms with Gasteiger partial charge in [0.15, 0.2) is 0 Å². The van der Waals surface area contributed by atoms with E-state index in [0.29, 0.717) is 5.92 Å². The summed E-state index contributed by atoms with van der Waals surface area (Å²) in [6, 6.07) is 4.13. The Hall–Kier alpha value is -0.930. The van der Waals surface area contributed by atoms with Gasteiger partial charge in [0.1, 0.15) is 0 Å². The number of hydrogen-bond donors (Lipinski definition) is 1. The first-order valence-electron chi connectivity index (χ1n) is 7.96. The molecule has 3 atom stereocenters. The van der Waals surface area contributed by atoms with E-state index in [1.165, 1.54) is 37.7 Å². The van der Waals surface area contributed by atoms with Crippen LogP contribution in [-0.2, 0) is 11.2 Å². The van der Waals surface area contributed by atoms with E-state index in [2.05, 4.69) is 11.1 Å². The van der Waals surface area contributed by atoms with Gasteiger partial charge in [-0.25, -0.2) is 0 Å². The van der Waals surface area contributed by atoms with Crippen LogP contribution < -0.4 is 0 Å². The summed E-state index contributed by atoms with van der Waals surface area (Å²) in [5.74, 6) is 0.662. The molecule has 1 heterocycles. The summed E-state index contributed by atoms with van der Waals surface area (Å²) in [6.07, 6.45) is 9.68. The van der Waals surface area contributed by atoms with E-state index in [4.69, 9.17) is 4.74 Å². The van der Waals surface area contributed by atoms with Crippen LogP contribution in [0.5, 0.6) is 0 Å². The first kappa shape index (κ1) is 14.0. The first-order chi connectivity index (χ1) is 9.81. The number of nitrogens with zero attached hydrogens (tertiary/aromatic N) is 1. The highest BCUT2D eigenvalue weighted by atomic mass is 16.5. The molecule has 3 nitrogen and oxygen atoms in total. The number of aryl methyl sites for hydroxylation is 1. The normalized spacial score (nSPS) is 26.2. The lowest BCUT2D eigenvalue weighted by atomic mass is 9.80. The van der Waals surface area contributed by atoms with Crippen molar-refractivity contribution in [2.75, 3.05) is 7.11 Å². The fourth-order valence-corrected chi connectivity index (χ4v) is 4.08. The highest BCUT2D eigenvalue weighted by Crippen LogP contribution is 2.39. The summed E-state index contributed by atoms with van der Waals surface area (Å²) in [5.41, 5.74) is 2.40. The zero-order valence-electron chi connectivity index (χ0n) is 12.3. The Morgan fingerprint density at radius 1 is 1.25 bits per heavy atom. The van der Waals surface area contributed by atoms with Crippen LogP contribution in [0, 0.1) is 5.92 Å². The Balaban J connectivity index is 1.75. The van der Waals surface area contributed by atoms with Crippen molar-refractivity contribution in [3.63, 3.8) is 0 Å². The van der Waals surface area contributed by atoms with Gasteiger partial charge in [-0.2, -0.15) is 0 Å². The number of ether oxygens (including phenoxy) is 1. The van der Waals surface area contributed by atoms with E-state index in [0.717, 1.165) is 18.5 Å². The second kappa shape index (κ2) is 6.23. The van der Waals surface area contributed by atoms with Crippen LogP contribution >= 0.6 is 0 Å². The van der Waals surface area contributed by atoms with Crippen molar-refractivity contribution < 1.29 is 9.84 Å². The highest BCUT2D eigenvalue weighted by Gasteiger charge is 2.38. The Labute approximate surface area is 121 Å². The Kier molecular flexibility index (Phi) is 4.37. The molecular formula is C17H25NO2. The monoisotopic (exact) mass is 275 g/mol. The minimum atomic E-state index is -0.417. The molecule has 1 aromatic heterocycles. The zero-order valence-corrected chi connectivity index (χ0v) is 12.3.